The third-order valence-corrected chi connectivity index (χ3v) is 4.62. The van der Waals surface area contributed by atoms with Crippen LogP contribution in [0.25, 0.3) is 11.4 Å². The molecule has 3 aromatic rings. The van der Waals surface area contributed by atoms with E-state index in [1.807, 2.05) is 24.3 Å². The molecule has 0 radical (unpaired) electrons. The fraction of sp³-hybridized carbons (Fsp3) is 0.294. The molecule has 1 aliphatic rings. The molecule has 1 saturated carbocycles. The largest absolute Gasteiger partial charge is 0.472 e. The first-order valence-electron chi connectivity index (χ1n) is 7.30. The van der Waals surface area contributed by atoms with Gasteiger partial charge >= 0.3 is 0 Å². The van der Waals surface area contributed by atoms with Crippen molar-refractivity contribution in [3.05, 3.63) is 59.3 Å². The molecule has 0 amide bonds. The summed E-state index contributed by atoms with van der Waals surface area (Å²) < 4.78 is 10.7. The lowest BCUT2D eigenvalue weighted by atomic mass is 9.59. The summed E-state index contributed by atoms with van der Waals surface area (Å²) >= 11 is 6.16. The smallest absolute Gasteiger partial charge is 0.237 e. The molecule has 0 saturated heterocycles. The molecular weight excluding hydrogens is 300 g/mol. The van der Waals surface area contributed by atoms with Crippen molar-refractivity contribution in [2.24, 2.45) is 5.92 Å². The number of halogens is 1. The molecule has 0 N–H and O–H groups in total. The molecule has 5 heteroatoms. The highest BCUT2D eigenvalue weighted by Crippen LogP contribution is 2.52. The molecule has 1 fully saturated rings. The van der Waals surface area contributed by atoms with Crippen LogP contribution in [0.5, 0.6) is 0 Å². The van der Waals surface area contributed by atoms with Gasteiger partial charge in [-0.25, -0.2) is 0 Å². The number of rotatable bonds is 3. The molecule has 0 atom stereocenters. The van der Waals surface area contributed by atoms with Gasteiger partial charge in [0.2, 0.25) is 11.7 Å². The third-order valence-electron chi connectivity index (χ3n) is 4.39. The summed E-state index contributed by atoms with van der Waals surface area (Å²) in [6.07, 6.45) is 5.19. The Labute approximate surface area is 133 Å². The van der Waals surface area contributed by atoms with Gasteiger partial charge in [0.25, 0.3) is 0 Å². The normalized spacial score (nSPS) is 24.2. The van der Waals surface area contributed by atoms with Gasteiger partial charge < -0.3 is 8.94 Å². The Balaban J connectivity index is 1.77. The quantitative estimate of drug-likeness (QED) is 0.703. The zero-order chi connectivity index (χ0) is 15.2. The summed E-state index contributed by atoms with van der Waals surface area (Å²) in [6.45, 7) is 2.23. The van der Waals surface area contributed by atoms with Crippen LogP contribution in [-0.4, -0.2) is 10.1 Å². The molecule has 0 unspecified atom stereocenters. The van der Waals surface area contributed by atoms with E-state index >= 15 is 0 Å². The van der Waals surface area contributed by atoms with Crippen molar-refractivity contribution in [3.63, 3.8) is 0 Å². The van der Waals surface area contributed by atoms with Gasteiger partial charge in [0, 0.05) is 5.02 Å². The summed E-state index contributed by atoms with van der Waals surface area (Å²) in [5.41, 5.74) is 1.74. The van der Waals surface area contributed by atoms with Crippen molar-refractivity contribution in [1.29, 1.82) is 0 Å². The molecular formula is C17H15ClN2O2. The van der Waals surface area contributed by atoms with Gasteiger partial charge in [-0.2, -0.15) is 4.98 Å². The molecule has 4 nitrogen and oxygen atoms in total. The Morgan fingerprint density at radius 1 is 1.27 bits per heavy atom. The van der Waals surface area contributed by atoms with Crippen LogP contribution in [-0.2, 0) is 5.41 Å². The Morgan fingerprint density at radius 2 is 2.14 bits per heavy atom. The van der Waals surface area contributed by atoms with E-state index in [4.69, 9.17) is 20.5 Å². The average Bonchev–Trinajstić information content (AvgIpc) is 3.14. The first-order valence-corrected chi connectivity index (χ1v) is 7.68. The van der Waals surface area contributed by atoms with Crippen LogP contribution in [0.15, 0.2) is 51.8 Å². The maximum absolute atomic E-state index is 6.16. The van der Waals surface area contributed by atoms with E-state index in [2.05, 4.69) is 23.1 Å². The number of nitrogens with zero attached hydrogens (tertiary/aromatic N) is 2. The topological polar surface area (TPSA) is 52.1 Å². The van der Waals surface area contributed by atoms with E-state index in [0.717, 1.165) is 29.0 Å². The number of furan rings is 1. The highest BCUT2D eigenvalue weighted by atomic mass is 35.5. The molecule has 0 spiro atoms. The van der Waals surface area contributed by atoms with Gasteiger partial charge in [-0.3, -0.25) is 0 Å². The van der Waals surface area contributed by atoms with Crippen molar-refractivity contribution in [2.45, 2.75) is 25.2 Å². The van der Waals surface area contributed by atoms with Crippen LogP contribution in [0.4, 0.5) is 0 Å². The molecule has 2 heterocycles. The van der Waals surface area contributed by atoms with Crippen molar-refractivity contribution in [1.82, 2.24) is 10.1 Å². The number of benzene rings is 1. The first-order chi connectivity index (χ1) is 10.7. The number of aromatic nitrogens is 2. The molecule has 1 aromatic carbocycles. The van der Waals surface area contributed by atoms with Gasteiger partial charge in [-0.1, -0.05) is 35.8 Å². The average molecular weight is 315 g/mol. The van der Waals surface area contributed by atoms with Gasteiger partial charge in [-0.15, -0.1) is 0 Å². The van der Waals surface area contributed by atoms with Crippen LogP contribution < -0.4 is 0 Å². The van der Waals surface area contributed by atoms with E-state index in [9.17, 15) is 0 Å². The standard InChI is InChI=1S/C17H15ClN2O2/c1-11-8-17(9-11,13-3-2-4-14(18)7-13)16-19-15(20-22-16)12-5-6-21-10-12/h2-7,10-11H,8-9H2,1H3. The molecule has 0 aliphatic heterocycles. The number of hydrogen-bond donors (Lipinski definition) is 0. The highest BCUT2D eigenvalue weighted by molar-refractivity contribution is 6.30. The summed E-state index contributed by atoms with van der Waals surface area (Å²) in [4.78, 5) is 4.61. The van der Waals surface area contributed by atoms with Crippen LogP contribution in [0.3, 0.4) is 0 Å². The van der Waals surface area contributed by atoms with Gasteiger partial charge in [0.1, 0.15) is 6.26 Å². The van der Waals surface area contributed by atoms with Gasteiger partial charge in [0.15, 0.2) is 0 Å². The Morgan fingerprint density at radius 3 is 2.82 bits per heavy atom. The molecule has 112 valence electrons. The Kier molecular flexibility index (Phi) is 3.08. The minimum absolute atomic E-state index is 0.223. The second kappa shape index (κ2) is 4.99. The van der Waals surface area contributed by atoms with Crippen LogP contribution >= 0.6 is 11.6 Å². The predicted molar refractivity (Wildman–Crippen MR) is 82.6 cm³/mol. The zero-order valence-electron chi connectivity index (χ0n) is 12.1. The molecule has 22 heavy (non-hydrogen) atoms. The summed E-state index contributed by atoms with van der Waals surface area (Å²) in [6, 6.07) is 9.75. The molecule has 0 bridgehead atoms. The molecule has 1 aliphatic carbocycles. The van der Waals surface area contributed by atoms with E-state index in [1.165, 1.54) is 0 Å². The van der Waals surface area contributed by atoms with Crippen LogP contribution in [0.2, 0.25) is 5.02 Å². The molecule has 2 aromatic heterocycles. The monoisotopic (exact) mass is 314 g/mol. The Hall–Kier alpha value is -2.07. The summed E-state index contributed by atoms with van der Waals surface area (Å²) in [7, 11) is 0. The van der Waals surface area contributed by atoms with Crippen molar-refractivity contribution < 1.29 is 8.94 Å². The van der Waals surface area contributed by atoms with Crippen molar-refractivity contribution in [2.75, 3.05) is 0 Å². The van der Waals surface area contributed by atoms with Crippen LogP contribution in [0, 0.1) is 5.92 Å². The lowest BCUT2D eigenvalue weighted by Gasteiger charge is -2.44. The molecule has 4 rings (SSSR count). The van der Waals surface area contributed by atoms with E-state index in [-0.39, 0.29) is 5.41 Å². The predicted octanol–water partition coefficient (Wildman–Crippen LogP) is 4.70. The minimum atomic E-state index is -0.223. The van der Waals surface area contributed by atoms with Crippen molar-refractivity contribution in [3.8, 4) is 11.4 Å². The van der Waals surface area contributed by atoms with E-state index in [0.29, 0.717) is 17.6 Å². The highest BCUT2D eigenvalue weighted by Gasteiger charge is 2.49. The lowest BCUT2D eigenvalue weighted by molar-refractivity contribution is 0.151. The van der Waals surface area contributed by atoms with Crippen LogP contribution in [0.1, 0.15) is 31.2 Å². The second-order valence-electron chi connectivity index (χ2n) is 6.04. The second-order valence-corrected chi connectivity index (χ2v) is 6.48. The van der Waals surface area contributed by atoms with E-state index < -0.39 is 0 Å². The third kappa shape index (κ3) is 2.06. The first kappa shape index (κ1) is 13.6. The summed E-state index contributed by atoms with van der Waals surface area (Å²) in [5.74, 6) is 1.84. The summed E-state index contributed by atoms with van der Waals surface area (Å²) in [5, 5.41) is 4.83. The van der Waals surface area contributed by atoms with Gasteiger partial charge in [0.05, 0.1) is 17.2 Å². The maximum Gasteiger partial charge on any atom is 0.237 e. The Bertz CT molecular complexity index is 789. The van der Waals surface area contributed by atoms with E-state index in [1.54, 1.807) is 12.5 Å². The van der Waals surface area contributed by atoms with Gasteiger partial charge in [-0.05, 0) is 42.5 Å². The SMILES string of the molecule is CC1CC(c2cccc(Cl)c2)(c2nc(-c3ccoc3)no2)C1. The zero-order valence-corrected chi connectivity index (χ0v) is 12.9. The number of hydrogen-bond acceptors (Lipinski definition) is 4. The fourth-order valence-electron chi connectivity index (χ4n) is 3.38. The lowest BCUT2D eigenvalue weighted by Crippen LogP contribution is -2.41. The minimum Gasteiger partial charge on any atom is -0.472 e. The van der Waals surface area contributed by atoms with Crippen molar-refractivity contribution >= 4 is 11.6 Å². The maximum atomic E-state index is 6.16. The fourth-order valence-corrected chi connectivity index (χ4v) is 3.57.